The number of anilines is 1. The number of rotatable bonds is 6. The molecule has 3 rings (SSSR count). The highest BCUT2D eigenvalue weighted by molar-refractivity contribution is 5.46. The molecule has 29 heavy (non-hydrogen) atoms. The van der Waals surface area contributed by atoms with E-state index in [0.29, 0.717) is 6.42 Å². The lowest BCUT2D eigenvalue weighted by atomic mass is 9.97. The molecule has 1 aromatic carbocycles. The van der Waals surface area contributed by atoms with Crippen molar-refractivity contribution < 1.29 is 25.2 Å². The first-order valence-electron chi connectivity index (χ1n) is 9.75. The zero-order valence-electron chi connectivity index (χ0n) is 17.2. The van der Waals surface area contributed by atoms with Crippen LogP contribution in [0.5, 0.6) is 0 Å². The summed E-state index contributed by atoms with van der Waals surface area (Å²) in [5, 5.41) is 48.5. The molecule has 1 fully saturated rings. The molecule has 0 bridgehead atoms. The fourth-order valence-corrected chi connectivity index (χ4v) is 3.63. The van der Waals surface area contributed by atoms with E-state index in [1.54, 1.807) is 0 Å². The van der Waals surface area contributed by atoms with Crippen molar-refractivity contribution in [2.75, 3.05) is 25.6 Å². The summed E-state index contributed by atoms with van der Waals surface area (Å²) in [6, 6.07) is 8.14. The van der Waals surface area contributed by atoms with Crippen molar-refractivity contribution in [2.45, 2.75) is 56.8 Å². The predicted molar refractivity (Wildman–Crippen MR) is 107 cm³/mol. The minimum atomic E-state index is -1.46. The standard InChI is InChI=1S/C20H30N4O5/c1-11(2)16-14(9-12-5-7-13(8-6-12)23(3)4)21-22-24(16)20-19(28)18(27)17(26)15(10-25)29-20/h5-8,11,15,17-20,25-28H,9-10H2,1-4H3/t15-,17-,18+,19-,20-/m1/s1. The summed E-state index contributed by atoms with van der Waals surface area (Å²) in [5.74, 6) is 0.0217. The average molecular weight is 406 g/mol. The third-order valence-corrected chi connectivity index (χ3v) is 5.28. The van der Waals surface area contributed by atoms with Gasteiger partial charge in [-0.25, -0.2) is 4.68 Å². The van der Waals surface area contributed by atoms with Gasteiger partial charge < -0.3 is 30.1 Å². The van der Waals surface area contributed by atoms with Crippen LogP contribution in [-0.2, 0) is 11.2 Å². The molecule has 1 aliphatic heterocycles. The van der Waals surface area contributed by atoms with E-state index in [2.05, 4.69) is 10.3 Å². The highest BCUT2D eigenvalue weighted by Gasteiger charge is 2.45. The van der Waals surface area contributed by atoms with Gasteiger partial charge in [0, 0.05) is 26.2 Å². The summed E-state index contributed by atoms with van der Waals surface area (Å²) in [6.07, 6.45) is -5.77. The summed E-state index contributed by atoms with van der Waals surface area (Å²) >= 11 is 0. The molecule has 2 heterocycles. The Bertz CT molecular complexity index is 806. The van der Waals surface area contributed by atoms with Crippen LogP contribution in [0.1, 0.15) is 42.9 Å². The molecule has 0 unspecified atom stereocenters. The number of nitrogens with zero attached hydrogens (tertiary/aromatic N) is 4. The zero-order valence-corrected chi connectivity index (χ0v) is 17.2. The first-order valence-corrected chi connectivity index (χ1v) is 9.75. The summed E-state index contributed by atoms with van der Waals surface area (Å²) in [4.78, 5) is 2.03. The van der Waals surface area contributed by atoms with Gasteiger partial charge in [0.1, 0.15) is 24.4 Å². The molecule has 0 spiro atoms. The number of aliphatic hydroxyl groups excluding tert-OH is 4. The monoisotopic (exact) mass is 406 g/mol. The lowest BCUT2D eigenvalue weighted by molar-refractivity contribution is -0.254. The zero-order chi connectivity index (χ0) is 21.3. The summed E-state index contributed by atoms with van der Waals surface area (Å²) in [6.45, 7) is 3.48. The maximum Gasteiger partial charge on any atom is 0.181 e. The van der Waals surface area contributed by atoms with Gasteiger partial charge in [-0.3, -0.25) is 0 Å². The van der Waals surface area contributed by atoms with Crippen LogP contribution >= 0.6 is 0 Å². The smallest absolute Gasteiger partial charge is 0.181 e. The van der Waals surface area contributed by atoms with Crippen LogP contribution in [-0.4, -0.2) is 80.5 Å². The van der Waals surface area contributed by atoms with Crippen LogP contribution in [0.25, 0.3) is 0 Å². The Kier molecular flexibility index (Phi) is 6.55. The van der Waals surface area contributed by atoms with Gasteiger partial charge in [0.05, 0.1) is 18.0 Å². The molecule has 0 amide bonds. The third-order valence-electron chi connectivity index (χ3n) is 5.28. The lowest BCUT2D eigenvalue weighted by Crippen LogP contribution is -2.56. The summed E-state index contributed by atoms with van der Waals surface area (Å²) < 4.78 is 7.11. The Morgan fingerprint density at radius 3 is 2.28 bits per heavy atom. The van der Waals surface area contributed by atoms with Gasteiger partial charge >= 0.3 is 0 Å². The quantitative estimate of drug-likeness (QED) is 0.530. The van der Waals surface area contributed by atoms with Crippen LogP contribution in [0, 0.1) is 0 Å². The first-order chi connectivity index (χ1) is 13.7. The van der Waals surface area contributed by atoms with Gasteiger partial charge in [0.2, 0.25) is 0 Å². The molecule has 1 aromatic heterocycles. The maximum absolute atomic E-state index is 10.5. The normalized spacial score (nSPS) is 27.4. The Morgan fingerprint density at radius 1 is 1.07 bits per heavy atom. The van der Waals surface area contributed by atoms with Crippen molar-refractivity contribution in [3.05, 3.63) is 41.2 Å². The molecule has 1 saturated heterocycles. The highest BCUT2D eigenvalue weighted by Crippen LogP contribution is 2.32. The summed E-state index contributed by atoms with van der Waals surface area (Å²) in [7, 11) is 3.97. The lowest BCUT2D eigenvalue weighted by Gasteiger charge is -2.40. The largest absolute Gasteiger partial charge is 0.394 e. The summed E-state index contributed by atoms with van der Waals surface area (Å²) in [5.41, 5.74) is 3.68. The van der Waals surface area contributed by atoms with Crippen molar-refractivity contribution >= 4 is 5.69 Å². The Morgan fingerprint density at radius 2 is 1.72 bits per heavy atom. The van der Waals surface area contributed by atoms with E-state index < -0.39 is 37.3 Å². The van der Waals surface area contributed by atoms with Crippen LogP contribution in [0.4, 0.5) is 5.69 Å². The molecule has 2 aromatic rings. The maximum atomic E-state index is 10.5. The number of benzene rings is 1. The molecule has 4 N–H and O–H groups in total. The topological polar surface area (TPSA) is 124 Å². The molecule has 0 saturated carbocycles. The minimum Gasteiger partial charge on any atom is -0.394 e. The Hall–Kier alpha value is -2.04. The van der Waals surface area contributed by atoms with Crippen LogP contribution in [0.2, 0.25) is 0 Å². The van der Waals surface area contributed by atoms with Crippen molar-refractivity contribution in [1.82, 2.24) is 15.0 Å². The predicted octanol–water partition coefficient (Wildman–Crippen LogP) is 0.0307. The van der Waals surface area contributed by atoms with Crippen LogP contribution in [0.3, 0.4) is 0 Å². The fourth-order valence-electron chi connectivity index (χ4n) is 3.63. The van der Waals surface area contributed by atoms with Gasteiger partial charge in [-0.05, 0) is 23.6 Å². The highest BCUT2D eigenvalue weighted by atomic mass is 16.6. The molecular weight excluding hydrogens is 376 g/mol. The SMILES string of the molecule is CC(C)c1c(Cc2ccc(N(C)C)cc2)nnn1[C@@H]1O[C@H](CO)[C@@H](O)[C@H](O)[C@H]1O. The van der Waals surface area contributed by atoms with Gasteiger partial charge in [0.15, 0.2) is 6.23 Å². The van der Waals surface area contributed by atoms with E-state index in [1.165, 1.54) is 4.68 Å². The molecule has 9 nitrogen and oxygen atoms in total. The molecule has 0 radical (unpaired) electrons. The van der Waals surface area contributed by atoms with E-state index in [9.17, 15) is 20.4 Å². The van der Waals surface area contributed by atoms with Crippen molar-refractivity contribution in [3.63, 3.8) is 0 Å². The Balaban J connectivity index is 1.90. The second-order valence-electron chi connectivity index (χ2n) is 7.98. The molecule has 160 valence electrons. The van der Waals surface area contributed by atoms with E-state index >= 15 is 0 Å². The van der Waals surface area contributed by atoms with E-state index in [-0.39, 0.29) is 5.92 Å². The van der Waals surface area contributed by atoms with E-state index in [1.807, 2.05) is 57.1 Å². The average Bonchev–Trinajstić information content (AvgIpc) is 3.10. The third kappa shape index (κ3) is 4.29. The number of hydrogen-bond acceptors (Lipinski definition) is 8. The Labute approximate surface area is 170 Å². The van der Waals surface area contributed by atoms with Crippen molar-refractivity contribution in [1.29, 1.82) is 0 Å². The number of hydrogen-bond donors (Lipinski definition) is 4. The van der Waals surface area contributed by atoms with E-state index in [0.717, 1.165) is 22.6 Å². The molecule has 9 heteroatoms. The number of aliphatic hydroxyl groups is 4. The van der Waals surface area contributed by atoms with Gasteiger partial charge in [-0.2, -0.15) is 0 Å². The van der Waals surface area contributed by atoms with Gasteiger partial charge in [-0.15, -0.1) is 5.10 Å². The first kappa shape index (κ1) is 21.7. The van der Waals surface area contributed by atoms with E-state index in [4.69, 9.17) is 4.74 Å². The van der Waals surface area contributed by atoms with Gasteiger partial charge in [-0.1, -0.05) is 31.2 Å². The molecule has 0 aliphatic carbocycles. The molecule has 5 atom stereocenters. The minimum absolute atomic E-state index is 0.0217. The molecule has 1 aliphatic rings. The second kappa shape index (κ2) is 8.76. The van der Waals surface area contributed by atoms with Gasteiger partial charge in [0.25, 0.3) is 0 Å². The second-order valence-corrected chi connectivity index (χ2v) is 7.98. The number of aromatic nitrogens is 3. The van der Waals surface area contributed by atoms with Crippen LogP contribution < -0.4 is 4.90 Å². The number of ether oxygens (including phenoxy) is 1. The molecular formula is C20H30N4O5. The van der Waals surface area contributed by atoms with Crippen molar-refractivity contribution in [3.8, 4) is 0 Å². The van der Waals surface area contributed by atoms with Crippen LogP contribution in [0.15, 0.2) is 24.3 Å². The fraction of sp³-hybridized carbons (Fsp3) is 0.600. The van der Waals surface area contributed by atoms with Crippen molar-refractivity contribution in [2.24, 2.45) is 0 Å².